The molecule has 158 valence electrons. The molecular formula is C23H33N3O2S. The molecule has 3 rings (SSSR count). The van der Waals surface area contributed by atoms with E-state index in [-0.39, 0.29) is 18.1 Å². The molecule has 0 spiro atoms. The summed E-state index contributed by atoms with van der Waals surface area (Å²) >= 11 is 1.52. The molecule has 1 amide bonds. The lowest BCUT2D eigenvalue weighted by Crippen LogP contribution is -2.45. The Balaban J connectivity index is 1.64. The number of nitrogens with zero attached hydrogens (tertiary/aromatic N) is 2. The number of hydrogen-bond donors (Lipinski definition) is 1. The number of carbonyl (C=O) groups is 1. The number of amides is 1. The van der Waals surface area contributed by atoms with E-state index >= 15 is 0 Å². The number of carbonyl (C=O) groups excluding carboxylic acids is 1. The topological polar surface area (TPSA) is 54.5 Å². The molecule has 2 atom stereocenters. The summed E-state index contributed by atoms with van der Waals surface area (Å²) in [6, 6.07) is 8.37. The van der Waals surface area contributed by atoms with Gasteiger partial charge in [-0.2, -0.15) is 0 Å². The van der Waals surface area contributed by atoms with Gasteiger partial charge >= 0.3 is 0 Å². The van der Waals surface area contributed by atoms with Gasteiger partial charge in [0.25, 0.3) is 5.91 Å². The van der Waals surface area contributed by atoms with Crippen molar-refractivity contribution in [2.24, 2.45) is 5.92 Å². The van der Waals surface area contributed by atoms with Crippen molar-refractivity contribution in [1.82, 2.24) is 15.2 Å². The average molecular weight is 416 g/mol. The summed E-state index contributed by atoms with van der Waals surface area (Å²) in [6.07, 6.45) is 1.41. The standard InChI is InChI=1S/C23H33N3O2S/c1-15(2)10-21-25-18(5)22(29-21)23(27)24-11-19-8-6-7-9-20(19)14-26-12-16(3)28-17(4)13-26/h6-9,15-17H,10-14H2,1-5H3,(H,24,27). The van der Waals surface area contributed by atoms with Gasteiger partial charge in [0, 0.05) is 32.6 Å². The Bertz CT molecular complexity index is 823. The number of morpholine rings is 1. The molecule has 2 aromatic rings. The third-order valence-corrected chi connectivity index (χ3v) is 6.26. The van der Waals surface area contributed by atoms with Crippen LogP contribution in [-0.2, 0) is 24.2 Å². The molecule has 0 saturated carbocycles. The van der Waals surface area contributed by atoms with E-state index in [2.05, 4.69) is 61.1 Å². The van der Waals surface area contributed by atoms with Crippen molar-refractivity contribution in [2.45, 2.75) is 66.3 Å². The van der Waals surface area contributed by atoms with Crippen LogP contribution in [0.15, 0.2) is 24.3 Å². The first-order valence-electron chi connectivity index (χ1n) is 10.5. The fourth-order valence-electron chi connectivity index (χ4n) is 3.89. The maximum Gasteiger partial charge on any atom is 0.263 e. The Morgan fingerprint density at radius 3 is 2.55 bits per heavy atom. The van der Waals surface area contributed by atoms with E-state index in [0.717, 1.165) is 47.2 Å². The monoisotopic (exact) mass is 415 g/mol. The summed E-state index contributed by atoms with van der Waals surface area (Å²) in [5.74, 6) is 0.507. The lowest BCUT2D eigenvalue weighted by Gasteiger charge is -2.35. The van der Waals surface area contributed by atoms with Crippen molar-refractivity contribution < 1.29 is 9.53 Å². The minimum absolute atomic E-state index is 0.0292. The van der Waals surface area contributed by atoms with Crippen molar-refractivity contribution in [3.63, 3.8) is 0 Å². The van der Waals surface area contributed by atoms with Gasteiger partial charge in [0.2, 0.25) is 0 Å². The highest BCUT2D eigenvalue weighted by molar-refractivity contribution is 7.13. The van der Waals surface area contributed by atoms with Gasteiger partial charge in [0.05, 0.1) is 22.9 Å². The van der Waals surface area contributed by atoms with Gasteiger partial charge in [-0.1, -0.05) is 38.1 Å². The molecule has 1 aliphatic heterocycles. The van der Waals surface area contributed by atoms with Crippen LogP contribution < -0.4 is 5.32 Å². The van der Waals surface area contributed by atoms with Crippen LogP contribution in [0.3, 0.4) is 0 Å². The van der Waals surface area contributed by atoms with E-state index < -0.39 is 0 Å². The molecule has 1 fully saturated rings. The van der Waals surface area contributed by atoms with Crippen LogP contribution in [0.1, 0.15) is 59.2 Å². The van der Waals surface area contributed by atoms with Gasteiger partial charge < -0.3 is 10.1 Å². The third-order valence-electron chi connectivity index (χ3n) is 5.08. The number of hydrogen-bond acceptors (Lipinski definition) is 5. The fraction of sp³-hybridized carbons (Fsp3) is 0.565. The fourth-order valence-corrected chi connectivity index (χ4v) is 5.09. The lowest BCUT2D eigenvalue weighted by molar-refractivity contribution is -0.0705. The molecule has 1 aromatic carbocycles. The Labute approximate surface area is 178 Å². The number of aromatic nitrogens is 1. The van der Waals surface area contributed by atoms with Crippen LogP contribution in [0.5, 0.6) is 0 Å². The molecule has 0 radical (unpaired) electrons. The van der Waals surface area contributed by atoms with Crippen LogP contribution in [0.25, 0.3) is 0 Å². The summed E-state index contributed by atoms with van der Waals surface area (Å²) in [5.41, 5.74) is 3.25. The van der Waals surface area contributed by atoms with Crippen LogP contribution in [0.2, 0.25) is 0 Å². The number of aryl methyl sites for hydroxylation is 1. The molecule has 6 heteroatoms. The second kappa shape index (κ2) is 9.83. The van der Waals surface area contributed by atoms with Crippen LogP contribution in [0.4, 0.5) is 0 Å². The zero-order chi connectivity index (χ0) is 21.0. The summed E-state index contributed by atoms with van der Waals surface area (Å²) in [4.78, 5) is 20.5. The smallest absolute Gasteiger partial charge is 0.263 e. The molecule has 1 aromatic heterocycles. The highest BCUT2D eigenvalue weighted by Crippen LogP contribution is 2.21. The van der Waals surface area contributed by atoms with Gasteiger partial charge in [0.15, 0.2) is 0 Å². The quantitative estimate of drug-likeness (QED) is 0.737. The molecule has 5 nitrogen and oxygen atoms in total. The summed E-state index contributed by atoms with van der Waals surface area (Å²) in [5, 5.41) is 4.15. The van der Waals surface area contributed by atoms with Crippen molar-refractivity contribution in [2.75, 3.05) is 13.1 Å². The van der Waals surface area contributed by atoms with E-state index in [1.807, 2.05) is 13.0 Å². The van der Waals surface area contributed by atoms with Crippen LogP contribution >= 0.6 is 11.3 Å². The summed E-state index contributed by atoms with van der Waals surface area (Å²) in [6.45, 7) is 13.8. The highest BCUT2D eigenvalue weighted by atomic mass is 32.1. The normalized spacial score (nSPS) is 20.2. The van der Waals surface area contributed by atoms with Gasteiger partial charge in [-0.15, -0.1) is 11.3 Å². The number of thiazole rings is 1. The molecule has 1 saturated heterocycles. The molecule has 2 heterocycles. The lowest BCUT2D eigenvalue weighted by atomic mass is 10.1. The van der Waals surface area contributed by atoms with Crippen LogP contribution in [-0.4, -0.2) is 41.1 Å². The third kappa shape index (κ3) is 6.11. The number of ether oxygens (including phenoxy) is 1. The predicted molar refractivity (Wildman–Crippen MR) is 118 cm³/mol. The van der Waals surface area contributed by atoms with Crippen molar-refractivity contribution in [3.8, 4) is 0 Å². The molecule has 0 bridgehead atoms. The highest BCUT2D eigenvalue weighted by Gasteiger charge is 2.23. The van der Waals surface area contributed by atoms with Crippen molar-refractivity contribution in [3.05, 3.63) is 51.0 Å². The Hall–Kier alpha value is -1.76. The van der Waals surface area contributed by atoms with Gasteiger partial charge in [-0.25, -0.2) is 4.98 Å². The first-order valence-corrected chi connectivity index (χ1v) is 11.3. The minimum atomic E-state index is -0.0292. The zero-order valence-electron chi connectivity index (χ0n) is 18.2. The molecule has 2 unspecified atom stereocenters. The molecule has 1 N–H and O–H groups in total. The largest absolute Gasteiger partial charge is 0.373 e. The van der Waals surface area contributed by atoms with E-state index in [4.69, 9.17) is 4.74 Å². The van der Waals surface area contributed by atoms with E-state index in [0.29, 0.717) is 12.5 Å². The van der Waals surface area contributed by atoms with Crippen LogP contribution in [0, 0.1) is 12.8 Å². The second-order valence-corrected chi connectivity index (χ2v) is 9.61. The van der Waals surface area contributed by atoms with Gasteiger partial charge in [-0.3, -0.25) is 9.69 Å². The number of nitrogens with one attached hydrogen (secondary N) is 1. The maximum atomic E-state index is 12.8. The maximum absolute atomic E-state index is 12.8. The zero-order valence-corrected chi connectivity index (χ0v) is 19.0. The Morgan fingerprint density at radius 2 is 1.90 bits per heavy atom. The first kappa shape index (κ1) is 21.9. The average Bonchev–Trinajstić information content (AvgIpc) is 2.99. The van der Waals surface area contributed by atoms with E-state index in [1.54, 1.807) is 0 Å². The molecule has 1 aliphatic rings. The number of benzene rings is 1. The van der Waals surface area contributed by atoms with Gasteiger partial charge in [0.1, 0.15) is 4.88 Å². The second-order valence-electron chi connectivity index (χ2n) is 8.52. The van der Waals surface area contributed by atoms with Crippen molar-refractivity contribution >= 4 is 17.2 Å². The molecule has 29 heavy (non-hydrogen) atoms. The van der Waals surface area contributed by atoms with Crippen molar-refractivity contribution in [1.29, 1.82) is 0 Å². The first-order chi connectivity index (χ1) is 13.8. The predicted octanol–water partition coefficient (Wildman–Crippen LogP) is 4.19. The summed E-state index contributed by atoms with van der Waals surface area (Å²) in [7, 11) is 0. The molecule has 0 aliphatic carbocycles. The van der Waals surface area contributed by atoms with E-state index in [9.17, 15) is 4.79 Å². The minimum Gasteiger partial charge on any atom is -0.373 e. The van der Waals surface area contributed by atoms with Gasteiger partial charge in [-0.05, 0) is 37.8 Å². The molecular weight excluding hydrogens is 382 g/mol. The van der Waals surface area contributed by atoms with E-state index in [1.165, 1.54) is 16.9 Å². The Morgan fingerprint density at radius 1 is 1.24 bits per heavy atom. The number of rotatable bonds is 7. The summed E-state index contributed by atoms with van der Waals surface area (Å²) < 4.78 is 5.85. The Kier molecular flexibility index (Phi) is 7.44. The SMILES string of the molecule is Cc1nc(CC(C)C)sc1C(=O)NCc1ccccc1CN1CC(C)OC(C)C1.